The molecule has 0 aliphatic heterocycles. The van der Waals surface area contributed by atoms with Gasteiger partial charge in [0.25, 0.3) is 0 Å². The lowest BCUT2D eigenvalue weighted by Gasteiger charge is -2.49. The molecule has 0 aromatic heterocycles. The normalized spacial score (nSPS) is 14.0. The third-order valence-corrected chi connectivity index (χ3v) is 4.55. The largest absolute Gasteiger partial charge is 0.370 e. The molecule has 0 bridgehead atoms. The van der Waals surface area contributed by atoms with Gasteiger partial charge in [-0.15, -0.1) is 0 Å². The average molecular weight is 351 g/mol. The highest BCUT2D eigenvalue weighted by molar-refractivity contribution is 5.44. The van der Waals surface area contributed by atoms with Gasteiger partial charge in [0.15, 0.2) is 0 Å². The highest BCUT2D eigenvalue weighted by Gasteiger charge is 2.42. The summed E-state index contributed by atoms with van der Waals surface area (Å²) in [6.45, 7) is 22.9. The van der Waals surface area contributed by atoms with Gasteiger partial charge in [-0.1, -0.05) is 18.2 Å². The molecular formula is C22H40NO2+. The van der Waals surface area contributed by atoms with Crippen LogP contribution in [0.5, 0.6) is 0 Å². The van der Waals surface area contributed by atoms with Gasteiger partial charge in [-0.3, -0.25) is 4.48 Å². The first-order valence-electron chi connectivity index (χ1n) is 9.48. The lowest BCUT2D eigenvalue weighted by Crippen LogP contribution is -2.64. The van der Waals surface area contributed by atoms with Gasteiger partial charge in [-0.25, -0.2) is 0 Å². The first-order chi connectivity index (χ1) is 11.3. The monoisotopic (exact) mass is 350 g/mol. The summed E-state index contributed by atoms with van der Waals surface area (Å²) in [5, 5.41) is 0. The van der Waals surface area contributed by atoms with Crippen molar-refractivity contribution in [3.05, 3.63) is 30.3 Å². The van der Waals surface area contributed by atoms with E-state index in [0.717, 1.165) is 30.8 Å². The van der Waals surface area contributed by atoms with Crippen molar-refractivity contribution in [3.8, 4) is 0 Å². The fourth-order valence-electron chi connectivity index (χ4n) is 3.16. The molecule has 1 aromatic rings. The van der Waals surface area contributed by atoms with Crippen molar-refractivity contribution in [2.75, 3.05) is 26.3 Å². The Morgan fingerprint density at radius 1 is 0.680 bits per heavy atom. The smallest absolute Gasteiger partial charge is 0.133 e. The minimum Gasteiger partial charge on any atom is -0.370 e. The molecule has 0 saturated carbocycles. The molecule has 0 unspecified atom stereocenters. The number of benzene rings is 1. The Balaban J connectivity index is 3.11. The fraction of sp³-hybridized carbons (Fsp3) is 0.727. The summed E-state index contributed by atoms with van der Waals surface area (Å²) in [5.74, 6) is 0. The number of para-hydroxylation sites is 1. The molecule has 3 nitrogen and oxygen atoms in total. The maximum atomic E-state index is 6.09. The molecule has 0 heterocycles. The second-order valence-electron chi connectivity index (χ2n) is 9.84. The zero-order valence-corrected chi connectivity index (χ0v) is 18.0. The summed E-state index contributed by atoms with van der Waals surface area (Å²) in [7, 11) is 0. The van der Waals surface area contributed by atoms with Crippen LogP contribution in [-0.2, 0) is 9.47 Å². The van der Waals surface area contributed by atoms with E-state index in [2.05, 4.69) is 92.6 Å². The molecule has 3 heteroatoms. The molecule has 0 spiro atoms. The van der Waals surface area contributed by atoms with Gasteiger partial charge in [-0.2, -0.15) is 0 Å². The molecule has 25 heavy (non-hydrogen) atoms. The minimum atomic E-state index is -0.119. The summed E-state index contributed by atoms with van der Waals surface area (Å²) in [4.78, 5) is 0. The van der Waals surface area contributed by atoms with Gasteiger partial charge in [0.2, 0.25) is 0 Å². The van der Waals surface area contributed by atoms with Gasteiger partial charge in [0.1, 0.15) is 18.8 Å². The van der Waals surface area contributed by atoms with Crippen molar-refractivity contribution in [1.29, 1.82) is 0 Å². The van der Waals surface area contributed by atoms with E-state index in [1.165, 1.54) is 5.69 Å². The van der Waals surface area contributed by atoms with Crippen LogP contribution in [0.15, 0.2) is 30.3 Å². The number of ether oxygens (including phenoxy) is 2. The first-order valence-corrected chi connectivity index (χ1v) is 9.48. The van der Waals surface area contributed by atoms with E-state index in [1.54, 1.807) is 0 Å². The second kappa shape index (κ2) is 8.20. The third-order valence-electron chi connectivity index (χ3n) is 4.55. The van der Waals surface area contributed by atoms with E-state index in [4.69, 9.17) is 9.47 Å². The maximum Gasteiger partial charge on any atom is 0.133 e. The summed E-state index contributed by atoms with van der Waals surface area (Å²) in [6, 6.07) is 10.8. The van der Waals surface area contributed by atoms with Gasteiger partial charge < -0.3 is 9.47 Å². The molecule has 1 rings (SSSR count). The summed E-state index contributed by atoms with van der Waals surface area (Å²) < 4.78 is 13.0. The molecule has 0 atom stereocenters. The Morgan fingerprint density at radius 3 is 1.40 bits per heavy atom. The Labute approximate surface area is 155 Å². The van der Waals surface area contributed by atoms with Crippen LogP contribution in [0, 0.1) is 0 Å². The van der Waals surface area contributed by atoms with Crippen LogP contribution in [-0.4, -0.2) is 43.0 Å². The quantitative estimate of drug-likeness (QED) is 0.611. The Bertz CT molecular complexity index is 484. The summed E-state index contributed by atoms with van der Waals surface area (Å²) >= 11 is 0. The third kappa shape index (κ3) is 7.08. The molecule has 0 radical (unpaired) electrons. The van der Waals surface area contributed by atoms with E-state index in [9.17, 15) is 0 Å². The highest BCUT2D eigenvalue weighted by Crippen LogP contribution is 2.33. The molecule has 0 amide bonds. The van der Waals surface area contributed by atoms with E-state index < -0.39 is 0 Å². The molecule has 1 aromatic carbocycles. The van der Waals surface area contributed by atoms with Crippen molar-refractivity contribution in [1.82, 2.24) is 4.48 Å². The number of rotatable bonds is 7. The van der Waals surface area contributed by atoms with Crippen LogP contribution in [0.1, 0.15) is 62.3 Å². The highest BCUT2D eigenvalue weighted by atomic mass is 16.5. The van der Waals surface area contributed by atoms with Gasteiger partial charge in [-0.05, 0) is 74.4 Å². The van der Waals surface area contributed by atoms with E-state index >= 15 is 0 Å². The van der Waals surface area contributed by atoms with Crippen molar-refractivity contribution in [2.24, 2.45) is 0 Å². The van der Waals surface area contributed by atoms with Crippen LogP contribution in [0.25, 0.3) is 0 Å². The van der Waals surface area contributed by atoms with Crippen molar-refractivity contribution in [3.63, 3.8) is 0 Å². The van der Waals surface area contributed by atoms with Crippen LogP contribution >= 0.6 is 0 Å². The minimum absolute atomic E-state index is 0.0455. The molecule has 0 N–H and O–H groups in total. The van der Waals surface area contributed by atoms with E-state index in [1.807, 2.05) is 0 Å². The van der Waals surface area contributed by atoms with E-state index in [0.29, 0.717) is 0 Å². The zero-order valence-electron chi connectivity index (χ0n) is 18.0. The number of quaternary nitrogens is 1. The van der Waals surface area contributed by atoms with E-state index in [-0.39, 0.29) is 16.7 Å². The molecule has 0 aliphatic rings. The standard InChI is InChI=1S/C22H40NO2/c1-20(2,3)23(15-17-24-21(4,5)6,16-18-25-22(7,8)9)19-13-11-10-12-14-19/h10-14H,15-18H2,1-9H3/q+1. The van der Waals surface area contributed by atoms with Crippen molar-refractivity contribution >= 4 is 5.69 Å². The Hall–Kier alpha value is -0.900. The molecule has 0 fully saturated rings. The van der Waals surface area contributed by atoms with Gasteiger partial charge >= 0.3 is 0 Å². The number of hydrogen-bond acceptors (Lipinski definition) is 2. The molecule has 144 valence electrons. The fourth-order valence-corrected chi connectivity index (χ4v) is 3.16. The predicted octanol–water partition coefficient (Wildman–Crippen LogP) is 5.42. The van der Waals surface area contributed by atoms with Crippen molar-refractivity contribution in [2.45, 2.75) is 79.1 Å². The Kier molecular flexibility index (Phi) is 7.26. The molecule has 0 saturated heterocycles. The zero-order chi connectivity index (χ0) is 19.4. The number of nitrogens with zero attached hydrogens (tertiary/aromatic N) is 1. The SMILES string of the molecule is CC(C)(C)OCC[N+](CCOC(C)(C)C)(c1ccccc1)C(C)(C)C. The van der Waals surface area contributed by atoms with Crippen LogP contribution < -0.4 is 4.48 Å². The van der Waals surface area contributed by atoms with Crippen LogP contribution in [0.2, 0.25) is 0 Å². The van der Waals surface area contributed by atoms with Crippen molar-refractivity contribution < 1.29 is 9.47 Å². The first kappa shape index (κ1) is 22.1. The lowest BCUT2D eigenvalue weighted by atomic mass is 9.98. The van der Waals surface area contributed by atoms with Gasteiger partial charge in [0.05, 0.1) is 30.0 Å². The average Bonchev–Trinajstić information content (AvgIpc) is 2.42. The number of hydrogen-bond donors (Lipinski definition) is 0. The second-order valence-corrected chi connectivity index (χ2v) is 9.84. The topological polar surface area (TPSA) is 18.5 Å². The lowest BCUT2D eigenvalue weighted by molar-refractivity contribution is -0.0426. The summed E-state index contributed by atoms with van der Waals surface area (Å²) in [5.41, 5.74) is 1.13. The van der Waals surface area contributed by atoms with Crippen LogP contribution in [0.4, 0.5) is 5.69 Å². The van der Waals surface area contributed by atoms with Gasteiger partial charge in [0, 0.05) is 0 Å². The Morgan fingerprint density at radius 2 is 1.08 bits per heavy atom. The molecule has 0 aliphatic carbocycles. The maximum absolute atomic E-state index is 6.09. The summed E-state index contributed by atoms with van der Waals surface area (Å²) in [6.07, 6.45) is 0. The molecular weight excluding hydrogens is 310 g/mol. The van der Waals surface area contributed by atoms with Crippen LogP contribution in [0.3, 0.4) is 0 Å². The predicted molar refractivity (Wildman–Crippen MR) is 109 cm³/mol.